The summed E-state index contributed by atoms with van der Waals surface area (Å²) in [5.74, 6) is -0.0844. The average Bonchev–Trinajstić information content (AvgIpc) is 2.42. The number of hydrogen-bond donors (Lipinski definition) is 1. The molecular weight excluding hydrogens is 226 g/mol. The maximum absolute atomic E-state index is 11.4. The van der Waals surface area contributed by atoms with Crippen molar-refractivity contribution in [2.24, 2.45) is 0 Å². The smallest absolute Gasteiger partial charge is 0.228 e. The fraction of sp³-hybridized carbons (Fsp3) is 0.333. The summed E-state index contributed by atoms with van der Waals surface area (Å²) in [5.41, 5.74) is 0.766. The molecule has 1 rings (SSSR count). The molecule has 0 spiro atoms. The zero-order chi connectivity index (χ0) is 13.8. The lowest BCUT2D eigenvalue weighted by molar-refractivity contribution is -0.115. The SMILES string of the molecule is CC.CCC(=O)/C=C/CC(=O)Nc1ccccc1. The first-order chi connectivity index (χ1) is 8.72. The number of carbonyl (C=O) groups excluding carboxylic acids is 2. The van der Waals surface area contributed by atoms with E-state index in [0.29, 0.717) is 6.42 Å². The fourth-order valence-electron chi connectivity index (χ4n) is 1.15. The van der Waals surface area contributed by atoms with Gasteiger partial charge in [-0.15, -0.1) is 0 Å². The third-order valence-electron chi connectivity index (χ3n) is 2.01. The number of amides is 1. The summed E-state index contributed by atoms with van der Waals surface area (Å²) in [6, 6.07) is 9.23. The first-order valence-corrected chi connectivity index (χ1v) is 6.26. The highest BCUT2D eigenvalue weighted by molar-refractivity contribution is 5.93. The molecule has 0 saturated carbocycles. The molecule has 0 aliphatic rings. The zero-order valence-electron chi connectivity index (χ0n) is 11.3. The molecule has 0 aliphatic heterocycles. The van der Waals surface area contributed by atoms with Gasteiger partial charge in [0.25, 0.3) is 0 Å². The van der Waals surface area contributed by atoms with Crippen LogP contribution in [0.2, 0.25) is 0 Å². The Kier molecular flexibility index (Phi) is 9.18. The van der Waals surface area contributed by atoms with E-state index in [1.807, 2.05) is 44.2 Å². The van der Waals surface area contributed by atoms with Crippen LogP contribution in [-0.4, -0.2) is 11.7 Å². The van der Waals surface area contributed by atoms with Gasteiger partial charge in [-0.3, -0.25) is 9.59 Å². The van der Waals surface area contributed by atoms with Gasteiger partial charge in [-0.2, -0.15) is 0 Å². The molecule has 0 radical (unpaired) electrons. The van der Waals surface area contributed by atoms with Crippen LogP contribution in [0.3, 0.4) is 0 Å². The lowest BCUT2D eigenvalue weighted by Crippen LogP contribution is -2.09. The Morgan fingerprint density at radius 2 is 1.78 bits per heavy atom. The molecule has 0 saturated heterocycles. The quantitative estimate of drug-likeness (QED) is 0.808. The minimum atomic E-state index is -0.119. The number of hydrogen-bond acceptors (Lipinski definition) is 2. The van der Waals surface area contributed by atoms with E-state index in [-0.39, 0.29) is 18.1 Å². The molecule has 0 unspecified atom stereocenters. The van der Waals surface area contributed by atoms with Crippen molar-refractivity contribution in [3.8, 4) is 0 Å². The van der Waals surface area contributed by atoms with Crippen LogP contribution in [-0.2, 0) is 9.59 Å². The van der Waals surface area contributed by atoms with E-state index < -0.39 is 0 Å². The van der Waals surface area contributed by atoms with Gasteiger partial charge in [0.15, 0.2) is 5.78 Å². The van der Waals surface area contributed by atoms with Crippen LogP contribution >= 0.6 is 0 Å². The van der Waals surface area contributed by atoms with Crippen LogP contribution in [0.25, 0.3) is 0 Å². The molecule has 98 valence electrons. The zero-order valence-corrected chi connectivity index (χ0v) is 11.3. The molecule has 1 N–H and O–H groups in total. The monoisotopic (exact) mass is 247 g/mol. The van der Waals surface area contributed by atoms with E-state index >= 15 is 0 Å². The number of ketones is 1. The Balaban J connectivity index is 0.00000137. The van der Waals surface area contributed by atoms with Crippen LogP contribution in [0.15, 0.2) is 42.5 Å². The summed E-state index contributed by atoms with van der Waals surface area (Å²) in [6.45, 7) is 5.79. The molecule has 3 nitrogen and oxygen atoms in total. The molecule has 0 bridgehead atoms. The predicted molar refractivity (Wildman–Crippen MR) is 75.5 cm³/mol. The fourth-order valence-corrected chi connectivity index (χ4v) is 1.15. The van der Waals surface area contributed by atoms with Crippen molar-refractivity contribution in [2.75, 3.05) is 5.32 Å². The normalized spacial score (nSPS) is 9.50. The minimum absolute atomic E-state index is 0.0347. The molecule has 0 aromatic heterocycles. The third-order valence-corrected chi connectivity index (χ3v) is 2.01. The van der Waals surface area contributed by atoms with Crippen molar-refractivity contribution in [1.82, 2.24) is 0 Å². The van der Waals surface area contributed by atoms with Crippen LogP contribution < -0.4 is 5.32 Å². The van der Waals surface area contributed by atoms with Gasteiger partial charge in [0.05, 0.1) is 0 Å². The van der Waals surface area contributed by atoms with Crippen molar-refractivity contribution in [3.63, 3.8) is 0 Å². The summed E-state index contributed by atoms with van der Waals surface area (Å²) in [6.07, 6.45) is 3.73. The van der Waals surface area contributed by atoms with Gasteiger partial charge in [-0.05, 0) is 18.2 Å². The summed E-state index contributed by atoms with van der Waals surface area (Å²) < 4.78 is 0. The second kappa shape index (κ2) is 10.3. The molecule has 1 aromatic rings. The number of anilines is 1. The molecule has 0 fully saturated rings. The van der Waals surface area contributed by atoms with E-state index in [1.165, 1.54) is 6.08 Å². The number of carbonyl (C=O) groups is 2. The van der Waals surface area contributed by atoms with E-state index in [0.717, 1.165) is 5.69 Å². The molecule has 1 aromatic carbocycles. The van der Waals surface area contributed by atoms with Gasteiger partial charge in [-0.25, -0.2) is 0 Å². The second-order valence-corrected chi connectivity index (χ2v) is 3.34. The summed E-state index contributed by atoms with van der Waals surface area (Å²) >= 11 is 0. The van der Waals surface area contributed by atoms with Gasteiger partial charge < -0.3 is 5.32 Å². The van der Waals surface area contributed by atoms with E-state index in [2.05, 4.69) is 5.32 Å². The number of para-hydroxylation sites is 1. The largest absolute Gasteiger partial charge is 0.326 e. The van der Waals surface area contributed by atoms with Crippen molar-refractivity contribution in [3.05, 3.63) is 42.5 Å². The number of benzene rings is 1. The standard InChI is InChI=1S/C13H15NO2.C2H6/c1-2-12(15)9-6-10-13(16)14-11-7-4-3-5-8-11;1-2/h3-9H,2,10H2,1H3,(H,14,16);1-2H3/b9-6+;. The van der Waals surface area contributed by atoms with Gasteiger partial charge in [0, 0.05) is 18.5 Å². The van der Waals surface area contributed by atoms with Gasteiger partial charge in [-0.1, -0.05) is 45.0 Å². The highest BCUT2D eigenvalue weighted by atomic mass is 16.1. The first-order valence-electron chi connectivity index (χ1n) is 6.26. The first kappa shape index (κ1) is 16.1. The molecule has 0 heterocycles. The summed E-state index contributed by atoms with van der Waals surface area (Å²) in [7, 11) is 0. The van der Waals surface area contributed by atoms with Gasteiger partial charge >= 0.3 is 0 Å². The molecule has 0 aliphatic carbocycles. The van der Waals surface area contributed by atoms with Crippen molar-refractivity contribution < 1.29 is 9.59 Å². The van der Waals surface area contributed by atoms with Crippen LogP contribution in [0.1, 0.15) is 33.6 Å². The van der Waals surface area contributed by atoms with Crippen LogP contribution in [0.4, 0.5) is 5.69 Å². The van der Waals surface area contributed by atoms with E-state index in [9.17, 15) is 9.59 Å². The lowest BCUT2D eigenvalue weighted by Gasteiger charge is -2.01. The highest BCUT2D eigenvalue weighted by Gasteiger charge is 1.98. The number of nitrogens with one attached hydrogen (secondary N) is 1. The Morgan fingerprint density at radius 3 is 2.33 bits per heavy atom. The predicted octanol–water partition coefficient (Wildman–Crippen LogP) is 3.58. The Morgan fingerprint density at radius 1 is 1.17 bits per heavy atom. The molecular formula is C15H21NO2. The Labute approximate surface area is 109 Å². The van der Waals surface area contributed by atoms with Gasteiger partial charge in [0.2, 0.25) is 5.91 Å². The number of rotatable bonds is 5. The lowest BCUT2D eigenvalue weighted by atomic mass is 10.2. The topological polar surface area (TPSA) is 46.2 Å². The van der Waals surface area contributed by atoms with Crippen LogP contribution in [0.5, 0.6) is 0 Å². The van der Waals surface area contributed by atoms with Crippen molar-refractivity contribution in [2.45, 2.75) is 33.6 Å². The molecule has 1 amide bonds. The van der Waals surface area contributed by atoms with Gasteiger partial charge in [0.1, 0.15) is 0 Å². The maximum atomic E-state index is 11.4. The molecule has 18 heavy (non-hydrogen) atoms. The molecule has 0 atom stereocenters. The van der Waals surface area contributed by atoms with Crippen molar-refractivity contribution in [1.29, 1.82) is 0 Å². The summed E-state index contributed by atoms with van der Waals surface area (Å²) in [4.78, 5) is 22.3. The maximum Gasteiger partial charge on any atom is 0.228 e. The van der Waals surface area contributed by atoms with Crippen LogP contribution in [0, 0.1) is 0 Å². The number of allylic oxidation sites excluding steroid dienone is 1. The third kappa shape index (κ3) is 7.39. The second-order valence-electron chi connectivity index (χ2n) is 3.34. The highest BCUT2D eigenvalue weighted by Crippen LogP contribution is 2.05. The van der Waals surface area contributed by atoms with E-state index in [4.69, 9.17) is 0 Å². The Bertz CT molecular complexity index is 383. The molecule has 3 heteroatoms. The minimum Gasteiger partial charge on any atom is -0.326 e. The summed E-state index contributed by atoms with van der Waals surface area (Å²) in [5, 5.41) is 2.73. The van der Waals surface area contributed by atoms with E-state index in [1.54, 1.807) is 13.0 Å². The van der Waals surface area contributed by atoms with Crippen molar-refractivity contribution >= 4 is 17.4 Å². The Hall–Kier alpha value is -1.90. The average molecular weight is 247 g/mol.